The summed E-state index contributed by atoms with van der Waals surface area (Å²) in [7, 11) is 0. The topological polar surface area (TPSA) is 66.4 Å². The summed E-state index contributed by atoms with van der Waals surface area (Å²) in [6.45, 7) is 2.52. The number of carbonyl (C=O) groups is 2. The van der Waals surface area contributed by atoms with Crippen molar-refractivity contribution in [3.63, 3.8) is 0 Å². The van der Waals surface area contributed by atoms with Crippen molar-refractivity contribution in [3.8, 4) is 0 Å². The number of aliphatic carboxylic acids is 1. The number of amides is 1. The number of carboxylic acid groups (broad SMARTS) is 1. The highest BCUT2D eigenvalue weighted by atomic mass is 16.4. The first-order valence-electron chi connectivity index (χ1n) is 6.38. The number of unbranched alkanes of at least 4 members (excludes halogenated alkanes) is 1. The fraction of sp³-hybridized carbons (Fsp3) is 0.333. The van der Waals surface area contributed by atoms with Gasteiger partial charge in [-0.1, -0.05) is 31.5 Å². The molecule has 0 saturated heterocycles. The highest BCUT2D eigenvalue weighted by molar-refractivity contribution is 5.85. The predicted molar refractivity (Wildman–Crippen MR) is 74.5 cm³/mol. The maximum absolute atomic E-state index is 11.5. The van der Waals surface area contributed by atoms with E-state index in [4.69, 9.17) is 5.11 Å². The first kappa shape index (κ1) is 15.0. The van der Waals surface area contributed by atoms with Gasteiger partial charge in [-0.05, 0) is 29.7 Å². The standard InChI is InChI=1S/C15H19NO3/c1-2-3-7-14(17)16-11-13-6-4-5-12(10-13)8-9-15(18)19/h4-6,8-10H,2-3,7,11H2,1H3,(H,16,17)(H,18,19). The van der Waals surface area contributed by atoms with E-state index >= 15 is 0 Å². The molecular formula is C15H19NO3. The Labute approximate surface area is 113 Å². The van der Waals surface area contributed by atoms with Gasteiger partial charge in [0.2, 0.25) is 5.91 Å². The highest BCUT2D eigenvalue weighted by Crippen LogP contribution is 2.07. The van der Waals surface area contributed by atoms with Crippen molar-refractivity contribution in [2.45, 2.75) is 32.7 Å². The zero-order chi connectivity index (χ0) is 14.1. The lowest BCUT2D eigenvalue weighted by molar-refractivity contribution is -0.131. The molecule has 0 heterocycles. The van der Waals surface area contributed by atoms with Gasteiger partial charge in [0, 0.05) is 19.0 Å². The van der Waals surface area contributed by atoms with Crippen molar-refractivity contribution >= 4 is 18.0 Å². The first-order chi connectivity index (χ1) is 9.11. The third-order valence-electron chi connectivity index (χ3n) is 2.62. The molecule has 0 aliphatic carbocycles. The monoisotopic (exact) mass is 261 g/mol. The third-order valence-corrected chi connectivity index (χ3v) is 2.62. The van der Waals surface area contributed by atoms with Gasteiger partial charge in [0.1, 0.15) is 0 Å². The molecule has 4 nitrogen and oxygen atoms in total. The van der Waals surface area contributed by atoms with E-state index in [0.29, 0.717) is 13.0 Å². The summed E-state index contributed by atoms with van der Waals surface area (Å²) in [4.78, 5) is 21.9. The molecule has 0 aromatic heterocycles. The number of hydrogen-bond donors (Lipinski definition) is 2. The van der Waals surface area contributed by atoms with Gasteiger partial charge in [0.15, 0.2) is 0 Å². The van der Waals surface area contributed by atoms with Crippen molar-refractivity contribution in [2.75, 3.05) is 0 Å². The quantitative estimate of drug-likeness (QED) is 0.741. The van der Waals surface area contributed by atoms with Crippen LogP contribution in [0.15, 0.2) is 30.3 Å². The second-order valence-corrected chi connectivity index (χ2v) is 4.30. The largest absolute Gasteiger partial charge is 0.478 e. The van der Waals surface area contributed by atoms with E-state index in [9.17, 15) is 9.59 Å². The molecule has 0 saturated carbocycles. The molecule has 1 aromatic rings. The molecule has 0 atom stereocenters. The Hall–Kier alpha value is -2.10. The van der Waals surface area contributed by atoms with E-state index in [1.807, 2.05) is 31.2 Å². The molecule has 0 radical (unpaired) electrons. The normalized spacial score (nSPS) is 10.6. The van der Waals surface area contributed by atoms with Crippen molar-refractivity contribution in [2.24, 2.45) is 0 Å². The average molecular weight is 261 g/mol. The summed E-state index contributed by atoms with van der Waals surface area (Å²) in [5, 5.41) is 11.4. The van der Waals surface area contributed by atoms with E-state index in [0.717, 1.165) is 30.0 Å². The molecule has 2 N–H and O–H groups in total. The smallest absolute Gasteiger partial charge is 0.328 e. The van der Waals surface area contributed by atoms with E-state index in [2.05, 4.69) is 5.32 Å². The van der Waals surface area contributed by atoms with Crippen LogP contribution in [0.3, 0.4) is 0 Å². The summed E-state index contributed by atoms with van der Waals surface area (Å²) >= 11 is 0. The zero-order valence-corrected chi connectivity index (χ0v) is 11.1. The van der Waals surface area contributed by atoms with Crippen molar-refractivity contribution in [3.05, 3.63) is 41.5 Å². The van der Waals surface area contributed by atoms with Crippen LogP contribution in [0.5, 0.6) is 0 Å². The number of benzene rings is 1. The van der Waals surface area contributed by atoms with Crippen LogP contribution in [0, 0.1) is 0 Å². The SMILES string of the molecule is CCCCC(=O)NCc1cccc(C=CC(=O)O)c1. The minimum absolute atomic E-state index is 0.0494. The highest BCUT2D eigenvalue weighted by Gasteiger charge is 2.00. The predicted octanol–water partition coefficient (Wildman–Crippen LogP) is 2.59. The summed E-state index contributed by atoms with van der Waals surface area (Å²) in [5.41, 5.74) is 1.76. The van der Waals surface area contributed by atoms with Gasteiger partial charge >= 0.3 is 5.97 Å². The Kier molecular flexibility index (Phi) is 6.36. The molecule has 1 amide bonds. The van der Waals surface area contributed by atoms with Gasteiger partial charge < -0.3 is 10.4 Å². The van der Waals surface area contributed by atoms with Crippen molar-refractivity contribution in [1.82, 2.24) is 5.32 Å². The van der Waals surface area contributed by atoms with E-state index in [1.165, 1.54) is 6.08 Å². The number of carbonyl (C=O) groups excluding carboxylic acids is 1. The summed E-state index contributed by atoms with van der Waals surface area (Å²) in [5.74, 6) is -0.924. The molecule has 0 fully saturated rings. The molecule has 19 heavy (non-hydrogen) atoms. The minimum atomic E-state index is -0.974. The van der Waals surface area contributed by atoms with Crippen LogP contribution >= 0.6 is 0 Å². The zero-order valence-electron chi connectivity index (χ0n) is 11.1. The van der Waals surface area contributed by atoms with Gasteiger partial charge in [0.05, 0.1) is 0 Å². The Morgan fingerprint density at radius 2 is 2.16 bits per heavy atom. The van der Waals surface area contributed by atoms with Gasteiger partial charge in [-0.2, -0.15) is 0 Å². The van der Waals surface area contributed by atoms with Crippen molar-refractivity contribution in [1.29, 1.82) is 0 Å². The fourth-order valence-electron chi connectivity index (χ4n) is 1.60. The maximum Gasteiger partial charge on any atom is 0.328 e. The second kappa shape index (κ2) is 8.08. The molecule has 4 heteroatoms. The minimum Gasteiger partial charge on any atom is -0.478 e. The van der Waals surface area contributed by atoms with E-state index < -0.39 is 5.97 Å². The maximum atomic E-state index is 11.5. The van der Waals surface area contributed by atoms with Gasteiger partial charge in [-0.25, -0.2) is 4.79 Å². The molecule has 1 aromatic carbocycles. The van der Waals surface area contributed by atoms with Gasteiger partial charge in [0.25, 0.3) is 0 Å². The Morgan fingerprint density at radius 1 is 1.37 bits per heavy atom. The lowest BCUT2D eigenvalue weighted by Gasteiger charge is -2.05. The lowest BCUT2D eigenvalue weighted by Crippen LogP contribution is -2.22. The van der Waals surface area contributed by atoms with Gasteiger partial charge in [-0.15, -0.1) is 0 Å². The molecule has 1 rings (SSSR count). The summed E-state index contributed by atoms with van der Waals surface area (Å²) in [6, 6.07) is 7.43. The van der Waals surface area contributed by atoms with E-state index in [-0.39, 0.29) is 5.91 Å². The van der Waals surface area contributed by atoms with Crippen LogP contribution in [0.25, 0.3) is 6.08 Å². The number of hydrogen-bond acceptors (Lipinski definition) is 2. The van der Waals surface area contributed by atoms with Crippen LogP contribution in [-0.2, 0) is 16.1 Å². The Balaban J connectivity index is 2.52. The van der Waals surface area contributed by atoms with Crippen molar-refractivity contribution < 1.29 is 14.7 Å². The molecule has 0 aliphatic heterocycles. The van der Waals surface area contributed by atoms with Crippen LogP contribution in [-0.4, -0.2) is 17.0 Å². The second-order valence-electron chi connectivity index (χ2n) is 4.30. The third kappa shape index (κ3) is 6.41. The van der Waals surface area contributed by atoms with Crippen LogP contribution in [0.4, 0.5) is 0 Å². The lowest BCUT2D eigenvalue weighted by atomic mass is 10.1. The van der Waals surface area contributed by atoms with E-state index in [1.54, 1.807) is 0 Å². The van der Waals surface area contributed by atoms with Crippen LogP contribution in [0.1, 0.15) is 37.3 Å². The molecular weight excluding hydrogens is 242 g/mol. The fourth-order valence-corrected chi connectivity index (χ4v) is 1.60. The Morgan fingerprint density at radius 3 is 2.84 bits per heavy atom. The number of nitrogens with one attached hydrogen (secondary N) is 1. The first-order valence-corrected chi connectivity index (χ1v) is 6.38. The Bertz CT molecular complexity index is 466. The van der Waals surface area contributed by atoms with Crippen LogP contribution in [0.2, 0.25) is 0 Å². The average Bonchev–Trinajstić information content (AvgIpc) is 2.41. The number of rotatable bonds is 7. The summed E-state index contributed by atoms with van der Waals surface area (Å²) in [6.07, 6.45) is 5.08. The van der Waals surface area contributed by atoms with Gasteiger partial charge in [-0.3, -0.25) is 4.79 Å². The van der Waals surface area contributed by atoms with Crippen LogP contribution < -0.4 is 5.32 Å². The molecule has 0 spiro atoms. The molecule has 102 valence electrons. The molecule has 0 unspecified atom stereocenters. The molecule has 0 aliphatic rings. The number of carboxylic acids is 1. The molecule has 0 bridgehead atoms. The summed E-state index contributed by atoms with van der Waals surface area (Å²) < 4.78 is 0.